The molecule has 0 aliphatic rings. The first-order valence-corrected chi connectivity index (χ1v) is 11.1. The van der Waals surface area contributed by atoms with Crippen LogP contribution in [-0.2, 0) is 12.3 Å². The third-order valence-electron chi connectivity index (χ3n) is 4.93. The second-order valence-electron chi connectivity index (χ2n) is 7.47. The molecule has 0 bridgehead atoms. The molecule has 32 heavy (non-hydrogen) atoms. The van der Waals surface area contributed by atoms with Crippen molar-refractivity contribution in [3.8, 4) is 0 Å². The minimum absolute atomic E-state index is 0.00672. The monoisotopic (exact) mass is 457 g/mol. The normalized spacial score (nSPS) is 12.0. The third-order valence-corrected chi connectivity index (χ3v) is 5.96. The van der Waals surface area contributed by atoms with Gasteiger partial charge in [-0.05, 0) is 30.5 Å². The molecule has 8 nitrogen and oxygen atoms in total. The van der Waals surface area contributed by atoms with Gasteiger partial charge < -0.3 is 9.88 Å². The summed E-state index contributed by atoms with van der Waals surface area (Å²) in [4.78, 5) is 23.1. The number of hydrogen-bond acceptors (Lipinski definition) is 6. The molecule has 0 saturated carbocycles. The minimum atomic E-state index is -0.580. The molecule has 3 aromatic rings. The molecule has 0 aliphatic heterocycles. The van der Waals surface area contributed by atoms with Crippen molar-refractivity contribution < 1.29 is 14.1 Å². The molecule has 3 rings (SSSR count). The Bertz CT molecular complexity index is 1100. The number of carbonyl (C=O) groups is 1. The first-order valence-electron chi connectivity index (χ1n) is 10.2. The number of halogens is 1. The van der Waals surface area contributed by atoms with Crippen LogP contribution in [0.1, 0.15) is 48.6 Å². The Kier molecular flexibility index (Phi) is 7.57. The van der Waals surface area contributed by atoms with Crippen LogP contribution in [0.3, 0.4) is 0 Å². The fourth-order valence-electron chi connectivity index (χ4n) is 3.19. The second kappa shape index (κ2) is 10.4. The molecule has 1 heterocycles. The number of non-ortho nitro benzene ring substituents is 1. The number of carbonyl (C=O) groups excluding carboxylic acids is 1. The van der Waals surface area contributed by atoms with Crippen LogP contribution in [0.25, 0.3) is 0 Å². The number of hydrogen-bond donors (Lipinski definition) is 1. The summed E-state index contributed by atoms with van der Waals surface area (Å²) in [6.07, 6.45) is 0. The van der Waals surface area contributed by atoms with E-state index in [0.717, 1.165) is 5.56 Å². The first kappa shape index (κ1) is 23.4. The Morgan fingerprint density at radius 3 is 2.47 bits per heavy atom. The van der Waals surface area contributed by atoms with Crippen molar-refractivity contribution in [2.24, 2.45) is 5.92 Å². The topological polar surface area (TPSA) is 103 Å². The van der Waals surface area contributed by atoms with E-state index in [1.165, 1.54) is 42.1 Å². The van der Waals surface area contributed by atoms with Crippen molar-refractivity contribution in [1.29, 1.82) is 0 Å². The summed E-state index contributed by atoms with van der Waals surface area (Å²) in [6.45, 7) is 6.44. The molecule has 1 atom stereocenters. The Labute approximate surface area is 189 Å². The maximum Gasteiger partial charge on any atom is 0.269 e. The van der Waals surface area contributed by atoms with E-state index in [2.05, 4.69) is 15.5 Å². The van der Waals surface area contributed by atoms with Crippen LogP contribution < -0.4 is 5.32 Å². The van der Waals surface area contributed by atoms with Crippen molar-refractivity contribution in [1.82, 2.24) is 20.1 Å². The van der Waals surface area contributed by atoms with E-state index in [0.29, 0.717) is 23.3 Å². The van der Waals surface area contributed by atoms with Crippen LogP contribution in [0.4, 0.5) is 10.1 Å². The van der Waals surface area contributed by atoms with Gasteiger partial charge in [-0.1, -0.05) is 49.9 Å². The van der Waals surface area contributed by atoms with E-state index in [1.807, 2.05) is 25.3 Å². The zero-order valence-corrected chi connectivity index (χ0v) is 18.8. The van der Waals surface area contributed by atoms with Gasteiger partial charge in [-0.25, -0.2) is 4.39 Å². The highest BCUT2D eigenvalue weighted by Crippen LogP contribution is 2.28. The zero-order chi connectivity index (χ0) is 23.3. The van der Waals surface area contributed by atoms with Gasteiger partial charge in [0, 0.05) is 24.4 Å². The van der Waals surface area contributed by atoms with Gasteiger partial charge in [0.15, 0.2) is 11.0 Å². The molecule has 1 aromatic heterocycles. The summed E-state index contributed by atoms with van der Waals surface area (Å²) in [7, 11) is 0. The lowest BCUT2D eigenvalue weighted by molar-refractivity contribution is -0.384. The van der Waals surface area contributed by atoms with Gasteiger partial charge in [-0.15, -0.1) is 10.2 Å². The molecule has 0 unspecified atom stereocenters. The third kappa shape index (κ3) is 5.31. The molecular formula is C22H24FN5O3S. The van der Waals surface area contributed by atoms with Crippen LogP contribution in [0, 0.1) is 21.8 Å². The van der Waals surface area contributed by atoms with Crippen molar-refractivity contribution in [2.45, 2.75) is 44.3 Å². The fraction of sp³-hybridized carbons (Fsp3) is 0.318. The van der Waals surface area contributed by atoms with Crippen molar-refractivity contribution >= 4 is 23.4 Å². The fourth-order valence-corrected chi connectivity index (χ4v) is 4.15. The van der Waals surface area contributed by atoms with Crippen molar-refractivity contribution in [3.63, 3.8) is 0 Å². The van der Waals surface area contributed by atoms with Crippen molar-refractivity contribution in [2.75, 3.05) is 0 Å². The van der Waals surface area contributed by atoms with E-state index >= 15 is 0 Å². The van der Waals surface area contributed by atoms with Crippen LogP contribution in [0.15, 0.2) is 53.7 Å². The highest BCUT2D eigenvalue weighted by Gasteiger charge is 2.26. The summed E-state index contributed by atoms with van der Waals surface area (Å²) in [6, 6.07) is 11.8. The Morgan fingerprint density at radius 2 is 1.88 bits per heavy atom. The minimum Gasteiger partial charge on any atom is -0.342 e. The molecule has 1 N–H and O–H groups in total. The van der Waals surface area contributed by atoms with E-state index in [4.69, 9.17) is 0 Å². The summed E-state index contributed by atoms with van der Waals surface area (Å²) in [5.74, 6) is 0.0619. The number of thioether (sulfide) groups is 1. The lowest BCUT2D eigenvalue weighted by atomic mass is 10.0. The van der Waals surface area contributed by atoms with Crippen LogP contribution in [-0.4, -0.2) is 25.6 Å². The van der Waals surface area contributed by atoms with Gasteiger partial charge in [0.05, 0.1) is 16.5 Å². The van der Waals surface area contributed by atoms with Gasteiger partial charge in [0.1, 0.15) is 5.82 Å². The molecule has 10 heteroatoms. The molecule has 0 saturated heterocycles. The highest BCUT2D eigenvalue weighted by molar-refractivity contribution is 7.98. The maximum atomic E-state index is 14.0. The molecule has 1 amide bonds. The maximum absolute atomic E-state index is 14.0. The Hall–Kier alpha value is -3.27. The largest absolute Gasteiger partial charge is 0.342 e. The SMILES string of the molecule is CCn1c(SCc2ccc([N+](=O)[O-])cc2)nnc1[C@@H](NC(=O)c1ccccc1F)C(C)C. The van der Waals surface area contributed by atoms with Gasteiger partial charge in [-0.3, -0.25) is 14.9 Å². The van der Waals surface area contributed by atoms with Gasteiger partial charge in [0.2, 0.25) is 0 Å². The smallest absolute Gasteiger partial charge is 0.269 e. The van der Waals surface area contributed by atoms with Crippen LogP contribution in [0.2, 0.25) is 0 Å². The number of nitrogens with zero attached hydrogens (tertiary/aromatic N) is 4. The average molecular weight is 458 g/mol. The lowest BCUT2D eigenvalue weighted by Gasteiger charge is -2.22. The van der Waals surface area contributed by atoms with Crippen LogP contribution in [0.5, 0.6) is 0 Å². The molecule has 2 aromatic carbocycles. The number of aromatic nitrogens is 3. The number of nitro groups is 1. The molecule has 0 spiro atoms. The molecular weight excluding hydrogens is 433 g/mol. The quantitative estimate of drug-likeness (QED) is 0.282. The van der Waals surface area contributed by atoms with Gasteiger partial charge >= 0.3 is 0 Å². The van der Waals surface area contributed by atoms with E-state index in [-0.39, 0.29) is 17.2 Å². The van der Waals surface area contributed by atoms with E-state index < -0.39 is 22.7 Å². The number of benzene rings is 2. The number of rotatable bonds is 9. The standard InChI is InChI=1S/C22H24FN5O3S/c1-4-27-20(19(14(2)3)24-21(29)17-7-5-6-8-18(17)23)25-26-22(27)32-13-15-9-11-16(12-10-15)28(30)31/h5-12,14,19H,4,13H2,1-3H3,(H,24,29)/t19-/m0/s1. The highest BCUT2D eigenvalue weighted by atomic mass is 32.2. The predicted octanol–water partition coefficient (Wildman–Crippen LogP) is 4.76. The number of nitro benzene ring substituents is 1. The summed E-state index contributed by atoms with van der Waals surface area (Å²) < 4.78 is 16.0. The average Bonchev–Trinajstić information content (AvgIpc) is 3.18. The summed E-state index contributed by atoms with van der Waals surface area (Å²) in [5.41, 5.74) is 0.942. The summed E-state index contributed by atoms with van der Waals surface area (Å²) in [5, 5.41) is 23.0. The number of amides is 1. The van der Waals surface area contributed by atoms with Gasteiger partial charge in [-0.2, -0.15) is 0 Å². The molecule has 0 fully saturated rings. The Balaban J connectivity index is 1.78. The van der Waals surface area contributed by atoms with E-state index in [1.54, 1.807) is 18.2 Å². The van der Waals surface area contributed by atoms with Crippen LogP contribution >= 0.6 is 11.8 Å². The molecule has 168 valence electrons. The summed E-state index contributed by atoms with van der Waals surface area (Å²) >= 11 is 1.45. The molecule has 0 aliphatic carbocycles. The van der Waals surface area contributed by atoms with Gasteiger partial charge in [0.25, 0.3) is 11.6 Å². The van der Waals surface area contributed by atoms with Crippen molar-refractivity contribution in [3.05, 3.63) is 81.4 Å². The molecule has 0 radical (unpaired) electrons. The Morgan fingerprint density at radius 1 is 1.19 bits per heavy atom. The predicted molar refractivity (Wildman–Crippen MR) is 120 cm³/mol. The zero-order valence-electron chi connectivity index (χ0n) is 18.0. The lowest BCUT2D eigenvalue weighted by Crippen LogP contribution is -2.34. The first-order chi connectivity index (χ1) is 15.3. The second-order valence-corrected chi connectivity index (χ2v) is 8.41. The van der Waals surface area contributed by atoms with E-state index in [9.17, 15) is 19.3 Å². The number of nitrogens with one attached hydrogen (secondary N) is 1.